The van der Waals surface area contributed by atoms with Crippen LogP contribution in [-0.4, -0.2) is 19.2 Å². The Labute approximate surface area is 195 Å². The summed E-state index contributed by atoms with van der Waals surface area (Å²) in [5.41, 5.74) is 3.22. The lowest BCUT2D eigenvalue weighted by Gasteiger charge is -2.50. The van der Waals surface area contributed by atoms with Crippen molar-refractivity contribution in [1.82, 2.24) is 0 Å². The molecular formula is C29H44O3. The maximum atomic E-state index is 12.6. The van der Waals surface area contributed by atoms with Crippen LogP contribution < -0.4 is 4.74 Å². The molecule has 0 spiro atoms. The average Bonchev–Trinajstić information content (AvgIpc) is 3.13. The molecule has 1 aromatic rings. The van der Waals surface area contributed by atoms with E-state index >= 15 is 0 Å². The van der Waals surface area contributed by atoms with Gasteiger partial charge in [-0.05, 0) is 86.0 Å². The Morgan fingerprint density at radius 1 is 1.03 bits per heavy atom. The van der Waals surface area contributed by atoms with Crippen LogP contribution in [0.1, 0.15) is 114 Å². The van der Waals surface area contributed by atoms with Gasteiger partial charge in [0.2, 0.25) is 0 Å². The molecule has 3 aliphatic rings. The van der Waals surface area contributed by atoms with Crippen LogP contribution in [0.15, 0.2) is 18.2 Å². The number of fused-ring (bicyclic) bond motifs is 5. The van der Waals surface area contributed by atoms with Gasteiger partial charge in [-0.2, -0.15) is 0 Å². The third-order valence-corrected chi connectivity index (χ3v) is 9.10. The van der Waals surface area contributed by atoms with Crippen molar-refractivity contribution in [3.05, 3.63) is 29.3 Å². The van der Waals surface area contributed by atoms with Crippen molar-refractivity contribution in [2.75, 3.05) is 7.11 Å². The highest BCUT2D eigenvalue weighted by atomic mass is 16.5. The molecule has 2 saturated carbocycles. The third kappa shape index (κ3) is 4.87. The molecule has 0 saturated heterocycles. The van der Waals surface area contributed by atoms with Gasteiger partial charge < -0.3 is 9.47 Å². The van der Waals surface area contributed by atoms with E-state index in [2.05, 4.69) is 32.0 Å². The van der Waals surface area contributed by atoms with Crippen LogP contribution >= 0.6 is 0 Å². The molecule has 0 heterocycles. The van der Waals surface area contributed by atoms with Crippen LogP contribution in [0.5, 0.6) is 5.75 Å². The molecule has 0 N–H and O–H groups in total. The fourth-order valence-electron chi connectivity index (χ4n) is 7.28. The number of aryl methyl sites for hydroxylation is 1. The summed E-state index contributed by atoms with van der Waals surface area (Å²) in [5.74, 6) is 3.13. The largest absolute Gasteiger partial charge is 0.497 e. The molecular weight excluding hydrogens is 396 g/mol. The number of carbonyl (C=O) groups excluding carboxylic acids is 1. The number of esters is 1. The zero-order valence-corrected chi connectivity index (χ0v) is 20.7. The summed E-state index contributed by atoms with van der Waals surface area (Å²) in [6.45, 7) is 4.68. The number of hydrogen-bond acceptors (Lipinski definition) is 3. The highest BCUT2D eigenvalue weighted by molar-refractivity contribution is 5.69. The second-order valence-corrected chi connectivity index (χ2v) is 11.0. The molecule has 0 bridgehead atoms. The SMILES string of the molecule is CCCCCCCCCC(=O)O[C@H]1CC[C@@H]2[C@@H]3CCc4cc(OC)ccc4[C@@H]3CC[C@]12C. The zero-order valence-electron chi connectivity index (χ0n) is 20.7. The number of rotatable bonds is 10. The average molecular weight is 441 g/mol. The summed E-state index contributed by atoms with van der Waals surface area (Å²) in [6.07, 6.45) is 16.5. The second kappa shape index (κ2) is 10.6. The zero-order chi connectivity index (χ0) is 22.6. The Bertz CT molecular complexity index is 772. The lowest BCUT2D eigenvalue weighted by Crippen LogP contribution is -2.45. The standard InChI is InChI=1S/C29H44O3/c1-4-5-6-7-8-9-10-11-28(30)32-27-17-16-26-25-14-12-21-20-22(31-3)13-15-23(21)24(25)18-19-29(26,27)2/h13,15,20,24-27H,4-12,14,16-19H2,1-3H3/t24-,25+,26+,27-,29-/m0/s1. The van der Waals surface area contributed by atoms with Crippen LogP contribution in [-0.2, 0) is 16.0 Å². The van der Waals surface area contributed by atoms with Crippen molar-refractivity contribution >= 4 is 5.97 Å². The van der Waals surface area contributed by atoms with Crippen molar-refractivity contribution in [3.8, 4) is 5.75 Å². The fraction of sp³-hybridized carbons (Fsp3) is 0.759. The molecule has 2 fully saturated rings. The van der Waals surface area contributed by atoms with E-state index in [9.17, 15) is 4.79 Å². The topological polar surface area (TPSA) is 35.5 Å². The van der Waals surface area contributed by atoms with E-state index in [4.69, 9.17) is 9.47 Å². The summed E-state index contributed by atoms with van der Waals surface area (Å²) in [7, 11) is 1.76. The molecule has 0 aliphatic heterocycles. The maximum absolute atomic E-state index is 12.6. The number of unbranched alkanes of at least 4 members (excludes halogenated alkanes) is 6. The summed E-state index contributed by atoms with van der Waals surface area (Å²) in [5, 5.41) is 0. The Kier molecular flexibility index (Phi) is 7.84. The van der Waals surface area contributed by atoms with Crippen molar-refractivity contribution in [2.45, 2.75) is 116 Å². The molecule has 0 aromatic heterocycles. The Hall–Kier alpha value is -1.51. The van der Waals surface area contributed by atoms with Crippen LogP contribution in [0.3, 0.4) is 0 Å². The number of benzene rings is 1. The van der Waals surface area contributed by atoms with Gasteiger partial charge in [0, 0.05) is 11.8 Å². The van der Waals surface area contributed by atoms with Crippen LogP contribution in [0.4, 0.5) is 0 Å². The van der Waals surface area contributed by atoms with Gasteiger partial charge >= 0.3 is 5.97 Å². The monoisotopic (exact) mass is 440 g/mol. The summed E-state index contributed by atoms with van der Waals surface area (Å²) in [4.78, 5) is 12.6. The number of methoxy groups -OCH3 is 1. The molecule has 178 valence electrons. The van der Waals surface area contributed by atoms with Gasteiger partial charge in [-0.1, -0.05) is 58.4 Å². The predicted molar refractivity (Wildman–Crippen MR) is 130 cm³/mol. The molecule has 5 atom stereocenters. The minimum absolute atomic E-state index is 0.0497. The quantitative estimate of drug-likeness (QED) is 0.277. The summed E-state index contributed by atoms with van der Waals surface area (Å²) >= 11 is 0. The Morgan fingerprint density at radius 2 is 1.81 bits per heavy atom. The van der Waals surface area contributed by atoms with Crippen molar-refractivity contribution < 1.29 is 14.3 Å². The van der Waals surface area contributed by atoms with Gasteiger partial charge in [0.05, 0.1) is 7.11 Å². The molecule has 0 amide bonds. The summed E-state index contributed by atoms with van der Waals surface area (Å²) in [6, 6.07) is 6.71. The van der Waals surface area contributed by atoms with E-state index in [-0.39, 0.29) is 17.5 Å². The lowest BCUT2D eigenvalue weighted by atomic mass is 9.55. The molecule has 32 heavy (non-hydrogen) atoms. The van der Waals surface area contributed by atoms with Gasteiger partial charge in [0.1, 0.15) is 11.9 Å². The van der Waals surface area contributed by atoms with Crippen LogP contribution in [0.25, 0.3) is 0 Å². The van der Waals surface area contributed by atoms with E-state index in [0.717, 1.165) is 37.4 Å². The Balaban J connectivity index is 1.30. The maximum Gasteiger partial charge on any atom is 0.306 e. The highest BCUT2D eigenvalue weighted by Gasteiger charge is 2.56. The van der Waals surface area contributed by atoms with E-state index in [1.807, 2.05) is 0 Å². The van der Waals surface area contributed by atoms with Crippen LogP contribution in [0, 0.1) is 17.3 Å². The first-order valence-electron chi connectivity index (χ1n) is 13.4. The Morgan fingerprint density at radius 3 is 2.59 bits per heavy atom. The van der Waals surface area contributed by atoms with Gasteiger partial charge in [0.25, 0.3) is 0 Å². The predicted octanol–water partition coefficient (Wildman–Crippen LogP) is 7.60. The van der Waals surface area contributed by atoms with E-state index in [1.54, 1.807) is 12.7 Å². The lowest BCUT2D eigenvalue weighted by molar-refractivity contribution is -0.157. The number of ether oxygens (including phenoxy) is 2. The first-order valence-corrected chi connectivity index (χ1v) is 13.4. The van der Waals surface area contributed by atoms with Crippen molar-refractivity contribution in [1.29, 1.82) is 0 Å². The molecule has 0 unspecified atom stereocenters. The minimum atomic E-state index is 0.0497. The van der Waals surface area contributed by atoms with Gasteiger partial charge in [0.15, 0.2) is 0 Å². The van der Waals surface area contributed by atoms with Crippen molar-refractivity contribution in [3.63, 3.8) is 0 Å². The molecule has 1 aromatic carbocycles. The second-order valence-electron chi connectivity index (χ2n) is 11.0. The van der Waals surface area contributed by atoms with E-state index in [1.165, 1.54) is 63.4 Å². The van der Waals surface area contributed by atoms with E-state index in [0.29, 0.717) is 18.3 Å². The first-order chi connectivity index (χ1) is 15.6. The van der Waals surface area contributed by atoms with Gasteiger partial charge in [-0.25, -0.2) is 0 Å². The van der Waals surface area contributed by atoms with Gasteiger partial charge in [-0.3, -0.25) is 4.79 Å². The van der Waals surface area contributed by atoms with E-state index < -0.39 is 0 Å². The highest BCUT2D eigenvalue weighted by Crippen LogP contribution is 2.61. The molecule has 3 heteroatoms. The smallest absolute Gasteiger partial charge is 0.306 e. The first kappa shape index (κ1) is 23.6. The van der Waals surface area contributed by atoms with Crippen LogP contribution in [0.2, 0.25) is 0 Å². The number of hydrogen-bond donors (Lipinski definition) is 0. The third-order valence-electron chi connectivity index (χ3n) is 9.10. The fourth-order valence-corrected chi connectivity index (χ4v) is 7.28. The summed E-state index contributed by atoms with van der Waals surface area (Å²) < 4.78 is 11.6. The molecule has 3 aliphatic carbocycles. The normalized spacial score (nSPS) is 30.8. The molecule has 3 nitrogen and oxygen atoms in total. The minimum Gasteiger partial charge on any atom is -0.497 e. The van der Waals surface area contributed by atoms with Crippen molar-refractivity contribution in [2.24, 2.45) is 17.3 Å². The molecule has 0 radical (unpaired) electrons. The number of carbonyl (C=O) groups is 1. The molecule has 4 rings (SSSR count). The van der Waals surface area contributed by atoms with Gasteiger partial charge in [-0.15, -0.1) is 0 Å².